The average Bonchev–Trinajstić information content (AvgIpc) is 2.71. The fourth-order valence-corrected chi connectivity index (χ4v) is 2.77. The average molecular weight is 398 g/mol. The lowest BCUT2D eigenvalue weighted by molar-refractivity contribution is 0.102. The van der Waals surface area contributed by atoms with Gasteiger partial charge in [-0.3, -0.25) is 9.78 Å². The summed E-state index contributed by atoms with van der Waals surface area (Å²) in [6.45, 7) is 1.90. The van der Waals surface area contributed by atoms with E-state index in [4.69, 9.17) is 21.1 Å². The lowest BCUT2D eigenvalue weighted by Crippen LogP contribution is -2.12. The summed E-state index contributed by atoms with van der Waals surface area (Å²) >= 11 is 6.11. The Labute approximate surface area is 168 Å². The van der Waals surface area contributed by atoms with Gasteiger partial charge in [0.25, 0.3) is 5.91 Å². The van der Waals surface area contributed by atoms with E-state index >= 15 is 0 Å². The summed E-state index contributed by atoms with van der Waals surface area (Å²) in [4.78, 5) is 16.7. The number of amides is 1. The van der Waals surface area contributed by atoms with Crippen LogP contribution in [0.25, 0.3) is 0 Å². The van der Waals surface area contributed by atoms with E-state index in [1.807, 2.05) is 19.1 Å². The lowest BCUT2D eigenvalue weighted by atomic mass is 10.2. The SMILES string of the molecule is COc1ccc(Nc2cncc(C(=O)Nc3ccc(C)c(Cl)c3)c2)cc1OC. The highest BCUT2D eigenvalue weighted by Gasteiger charge is 2.10. The van der Waals surface area contributed by atoms with Gasteiger partial charge in [0, 0.05) is 28.7 Å². The van der Waals surface area contributed by atoms with Crippen LogP contribution in [0.4, 0.5) is 17.1 Å². The predicted molar refractivity (Wildman–Crippen MR) is 111 cm³/mol. The summed E-state index contributed by atoms with van der Waals surface area (Å²) in [5.74, 6) is 0.963. The number of ether oxygens (including phenoxy) is 2. The zero-order chi connectivity index (χ0) is 20.1. The maximum atomic E-state index is 12.5. The van der Waals surface area contributed by atoms with Crippen molar-refractivity contribution in [2.75, 3.05) is 24.9 Å². The predicted octanol–water partition coefficient (Wildman–Crippen LogP) is 5.06. The molecule has 1 aromatic heterocycles. The second-order valence-electron chi connectivity index (χ2n) is 6.08. The minimum atomic E-state index is -0.275. The van der Waals surface area contributed by atoms with E-state index in [2.05, 4.69) is 15.6 Å². The van der Waals surface area contributed by atoms with Crippen LogP contribution < -0.4 is 20.1 Å². The largest absolute Gasteiger partial charge is 0.493 e. The first-order valence-electron chi connectivity index (χ1n) is 8.52. The monoisotopic (exact) mass is 397 g/mol. The zero-order valence-corrected chi connectivity index (χ0v) is 16.5. The molecule has 1 heterocycles. The van der Waals surface area contributed by atoms with Gasteiger partial charge in [0.15, 0.2) is 11.5 Å². The highest BCUT2D eigenvalue weighted by molar-refractivity contribution is 6.31. The van der Waals surface area contributed by atoms with Crippen LogP contribution in [-0.4, -0.2) is 25.1 Å². The van der Waals surface area contributed by atoms with Crippen molar-refractivity contribution in [1.82, 2.24) is 4.98 Å². The number of halogens is 1. The number of carbonyl (C=O) groups excluding carboxylic acids is 1. The Hall–Kier alpha value is -3.25. The zero-order valence-electron chi connectivity index (χ0n) is 15.7. The van der Waals surface area contributed by atoms with Crippen molar-refractivity contribution >= 4 is 34.6 Å². The van der Waals surface area contributed by atoms with Gasteiger partial charge in [0.1, 0.15) is 0 Å². The van der Waals surface area contributed by atoms with Crippen LogP contribution in [0.15, 0.2) is 54.9 Å². The van der Waals surface area contributed by atoms with Crippen LogP contribution in [0.3, 0.4) is 0 Å². The Morgan fingerprint density at radius 2 is 1.68 bits per heavy atom. The molecule has 0 spiro atoms. The fourth-order valence-electron chi connectivity index (χ4n) is 2.59. The number of aryl methyl sites for hydroxylation is 1. The summed E-state index contributed by atoms with van der Waals surface area (Å²) in [5.41, 5.74) is 3.44. The molecule has 0 aliphatic carbocycles. The van der Waals surface area contributed by atoms with E-state index in [-0.39, 0.29) is 5.91 Å². The Kier molecular flexibility index (Phi) is 6.01. The molecule has 0 atom stereocenters. The van der Waals surface area contributed by atoms with Gasteiger partial charge in [-0.1, -0.05) is 17.7 Å². The number of nitrogens with one attached hydrogen (secondary N) is 2. The van der Waals surface area contributed by atoms with E-state index in [0.717, 1.165) is 11.3 Å². The highest BCUT2D eigenvalue weighted by atomic mass is 35.5. The van der Waals surface area contributed by atoms with Crippen LogP contribution in [0.1, 0.15) is 15.9 Å². The molecule has 0 radical (unpaired) electrons. The number of benzene rings is 2. The Balaban J connectivity index is 1.76. The van der Waals surface area contributed by atoms with Crippen LogP contribution in [-0.2, 0) is 0 Å². The Bertz CT molecular complexity index is 1010. The molecule has 0 bridgehead atoms. The Morgan fingerprint density at radius 1 is 0.929 bits per heavy atom. The smallest absolute Gasteiger partial charge is 0.257 e. The van der Waals surface area contributed by atoms with Crippen molar-refractivity contribution in [1.29, 1.82) is 0 Å². The minimum Gasteiger partial charge on any atom is -0.493 e. The van der Waals surface area contributed by atoms with E-state index in [1.165, 1.54) is 6.20 Å². The first-order valence-corrected chi connectivity index (χ1v) is 8.89. The summed E-state index contributed by atoms with van der Waals surface area (Å²) in [6.07, 6.45) is 3.14. The Morgan fingerprint density at radius 3 is 2.39 bits per heavy atom. The van der Waals surface area contributed by atoms with Gasteiger partial charge in [-0.15, -0.1) is 0 Å². The number of anilines is 3. The molecule has 28 heavy (non-hydrogen) atoms. The maximum Gasteiger partial charge on any atom is 0.257 e. The van der Waals surface area contributed by atoms with Crippen LogP contribution in [0.5, 0.6) is 11.5 Å². The topological polar surface area (TPSA) is 72.5 Å². The molecule has 0 aliphatic heterocycles. The van der Waals surface area contributed by atoms with Gasteiger partial charge in [-0.25, -0.2) is 0 Å². The first-order chi connectivity index (χ1) is 13.5. The molecule has 0 saturated carbocycles. The van der Waals surface area contributed by atoms with Crippen molar-refractivity contribution in [2.45, 2.75) is 6.92 Å². The van der Waals surface area contributed by atoms with Crippen LogP contribution >= 0.6 is 11.6 Å². The second kappa shape index (κ2) is 8.63. The molecule has 6 nitrogen and oxygen atoms in total. The van der Waals surface area contributed by atoms with E-state index in [1.54, 1.807) is 50.7 Å². The van der Waals surface area contributed by atoms with Crippen molar-refractivity contribution in [3.05, 3.63) is 71.0 Å². The molecular formula is C21H20ClN3O3. The van der Waals surface area contributed by atoms with Gasteiger partial charge >= 0.3 is 0 Å². The van der Waals surface area contributed by atoms with Crippen molar-refractivity contribution in [3.8, 4) is 11.5 Å². The maximum absolute atomic E-state index is 12.5. The molecular weight excluding hydrogens is 378 g/mol. The van der Waals surface area contributed by atoms with Crippen LogP contribution in [0, 0.1) is 6.92 Å². The third kappa shape index (κ3) is 4.53. The molecule has 0 aliphatic rings. The molecule has 0 fully saturated rings. The number of pyridine rings is 1. The number of carbonyl (C=O) groups is 1. The second-order valence-corrected chi connectivity index (χ2v) is 6.48. The van der Waals surface area contributed by atoms with E-state index < -0.39 is 0 Å². The van der Waals surface area contributed by atoms with Gasteiger partial charge in [-0.05, 0) is 42.8 Å². The third-order valence-electron chi connectivity index (χ3n) is 4.10. The minimum absolute atomic E-state index is 0.275. The molecule has 0 saturated heterocycles. The van der Waals surface area contributed by atoms with Gasteiger partial charge in [0.2, 0.25) is 0 Å². The number of nitrogens with zero attached hydrogens (tertiary/aromatic N) is 1. The number of methoxy groups -OCH3 is 2. The van der Waals surface area contributed by atoms with Crippen molar-refractivity contribution in [3.63, 3.8) is 0 Å². The summed E-state index contributed by atoms with van der Waals surface area (Å²) < 4.78 is 10.5. The normalized spacial score (nSPS) is 10.3. The molecule has 2 N–H and O–H groups in total. The van der Waals surface area contributed by atoms with Gasteiger partial charge in [0.05, 0.1) is 31.7 Å². The van der Waals surface area contributed by atoms with E-state index in [0.29, 0.717) is 33.5 Å². The molecule has 1 amide bonds. The first kappa shape index (κ1) is 19.5. The number of aromatic nitrogens is 1. The molecule has 3 rings (SSSR count). The molecule has 3 aromatic rings. The van der Waals surface area contributed by atoms with E-state index in [9.17, 15) is 4.79 Å². The highest BCUT2D eigenvalue weighted by Crippen LogP contribution is 2.31. The summed E-state index contributed by atoms with van der Waals surface area (Å²) in [6, 6.07) is 12.5. The summed E-state index contributed by atoms with van der Waals surface area (Å²) in [7, 11) is 3.16. The van der Waals surface area contributed by atoms with Crippen molar-refractivity contribution in [2.24, 2.45) is 0 Å². The molecule has 2 aromatic carbocycles. The molecule has 0 unspecified atom stereocenters. The lowest BCUT2D eigenvalue weighted by Gasteiger charge is -2.12. The molecule has 7 heteroatoms. The number of hydrogen-bond donors (Lipinski definition) is 2. The molecule has 144 valence electrons. The third-order valence-corrected chi connectivity index (χ3v) is 4.51. The summed E-state index contributed by atoms with van der Waals surface area (Å²) in [5, 5.41) is 6.63. The number of rotatable bonds is 6. The number of hydrogen-bond acceptors (Lipinski definition) is 5. The van der Waals surface area contributed by atoms with Crippen molar-refractivity contribution < 1.29 is 14.3 Å². The van der Waals surface area contributed by atoms with Crippen LogP contribution in [0.2, 0.25) is 5.02 Å². The van der Waals surface area contributed by atoms with Gasteiger partial charge < -0.3 is 20.1 Å². The van der Waals surface area contributed by atoms with Gasteiger partial charge in [-0.2, -0.15) is 0 Å². The fraction of sp³-hybridized carbons (Fsp3) is 0.143. The quantitative estimate of drug-likeness (QED) is 0.608. The standard InChI is InChI=1S/C21H20ClN3O3/c1-13-4-5-15(9-18(13)22)25-21(26)14-8-17(12-23-11-14)24-16-6-7-19(27-2)20(10-16)28-3/h4-12,24H,1-3H3,(H,25,26).